The third kappa shape index (κ3) is 10.9. The maximum Gasteiger partial charge on any atom is 0.514 e. The zero-order valence-electron chi connectivity index (χ0n) is 28.3. The number of carbonyl (C=O) groups excluding carboxylic acids is 5. The molecule has 256 valence electrons. The Balaban J connectivity index is 1.80. The van der Waals surface area contributed by atoms with Crippen molar-refractivity contribution in [2.45, 2.75) is 92.4 Å². The number of fused-ring (bicyclic) bond motifs is 2. The zero-order valence-corrected chi connectivity index (χ0v) is 28.3. The third-order valence-electron chi connectivity index (χ3n) is 6.10. The first-order valence-electron chi connectivity index (χ1n) is 15.3. The Morgan fingerprint density at radius 3 is 1.98 bits per heavy atom. The van der Waals surface area contributed by atoms with Crippen molar-refractivity contribution in [3.63, 3.8) is 0 Å². The first kappa shape index (κ1) is 36.7. The average Bonchev–Trinajstić information content (AvgIpc) is 3.39. The van der Waals surface area contributed by atoms with Gasteiger partial charge in [-0.2, -0.15) is 0 Å². The smallest absolute Gasteiger partial charge is 0.464 e. The Morgan fingerprint density at radius 2 is 1.40 bits per heavy atom. The Labute approximate surface area is 273 Å². The lowest BCUT2D eigenvalue weighted by molar-refractivity contribution is -0.147. The average molecular weight is 658 g/mol. The van der Waals surface area contributed by atoms with Crippen molar-refractivity contribution in [3.8, 4) is 11.5 Å². The van der Waals surface area contributed by atoms with Gasteiger partial charge in [-0.15, -0.1) is 0 Å². The summed E-state index contributed by atoms with van der Waals surface area (Å²) in [5.41, 5.74) is -1.63. The number of hydrogen-bond acceptors (Lipinski definition) is 12. The minimum Gasteiger partial charge on any atom is -0.464 e. The molecule has 1 N–H and O–H groups in total. The molecular formula is C34H43NO12. The second-order valence-electron chi connectivity index (χ2n) is 13.2. The molecule has 13 heteroatoms. The van der Waals surface area contributed by atoms with Gasteiger partial charge in [0.15, 0.2) is 28.6 Å². The fourth-order valence-corrected chi connectivity index (χ4v) is 4.22. The summed E-state index contributed by atoms with van der Waals surface area (Å²) in [5.74, 6) is -1.04. The van der Waals surface area contributed by atoms with E-state index < -0.39 is 47.4 Å². The highest BCUT2D eigenvalue weighted by molar-refractivity contribution is 6.12. The lowest BCUT2D eigenvalue weighted by atomic mass is 10.1. The molecule has 0 aliphatic rings. The molecule has 47 heavy (non-hydrogen) atoms. The summed E-state index contributed by atoms with van der Waals surface area (Å²) in [6.07, 6.45) is -2.63. The van der Waals surface area contributed by atoms with Gasteiger partial charge in [0.2, 0.25) is 0 Å². The lowest BCUT2D eigenvalue weighted by Gasteiger charge is -2.23. The summed E-state index contributed by atoms with van der Waals surface area (Å²) in [5, 5.41) is 3.40. The number of amides is 1. The number of nitrogens with one attached hydrogen (secondary N) is 1. The second kappa shape index (κ2) is 15.2. The zero-order chi connectivity index (χ0) is 35.1. The van der Waals surface area contributed by atoms with Crippen LogP contribution >= 0.6 is 0 Å². The molecule has 3 rings (SSSR count). The van der Waals surface area contributed by atoms with Crippen molar-refractivity contribution in [2.75, 3.05) is 13.2 Å². The van der Waals surface area contributed by atoms with E-state index in [2.05, 4.69) is 5.32 Å². The molecule has 0 spiro atoms. The van der Waals surface area contributed by atoms with Crippen molar-refractivity contribution in [1.82, 2.24) is 5.32 Å². The molecule has 3 aromatic rings. The SMILES string of the molecule is CC(=O)c1cc2c(OC(=O)OCCC[C@H](NC(=O)OC(C)(C)C)C(=O)OCC(C)C)c3ccccc3c(OC(=O)OC(C)(C)C)c2o1. The van der Waals surface area contributed by atoms with E-state index in [4.69, 9.17) is 32.8 Å². The lowest BCUT2D eigenvalue weighted by Crippen LogP contribution is -2.44. The van der Waals surface area contributed by atoms with Gasteiger partial charge in [0.1, 0.15) is 17.2 Å². The molecule has 1 amide bonds. The van der Waals surface area contributed by atoms with E-state index >= 15 is 0 Å². The molecule has 0 aliphatic heterocycles. The largest absolute Gasteiger partial charge is 0.514 e. The van der Waals surface area contributed by atoms with Gasteiger partial charge in [0.25, 0.3) is 0 Å². The van der Waals surface area contributed by atoms with Crippen LogP contribution in [0.15, 0.2) is 34.7 Å². The van der Waals surface area contributed by atoms with E-state index in [9.17, 15) is 24.0 Å². The van der Waals surface area contributed by atoms with E-state index in [-0.39, 0.29) is 60.2 Å². The highest BCUT2D eigenvalue weighted by Crippen LogP contribution is 2.44. The van der Waals surface area contributed by atoms with Crippen molar-refractivity contribution >= 4 is 51.9 Å². The summed E-state index contributed by atoms with van der Waals surface area (Å²) in [6, 6.07) is 6.96. The van der Waals surface area contributed by atoms with Crippen LogP contribution in [0.3, 0.4) is 0 Å². The molecule has 0 aliphatic carbocycles. The van der Waals surface area contributed by atoms with Crippen LogP contribution in [0, 0.1) is 5.92 Å². The number of carbonyl (C=O) groups is 5. The van der Waals surface area contributed by atoms with Crippen LogP contribution in [0.5, 0.6) is 11.5 Å². The van der Waals surface area contributed by atoms with E-state index in [0.29, 0.717) is 10.8 Å². The Bertz CT molecular complexity index is 1620. The summed E-state index contributed by atoms with van der Waals surface area (Å²) >= 11 is 0. The fourth-order valence-electron chi connectivity index (χ4n) is 4.22. The highest BCUT2D eigenvalue weighted by atomic mass is 16.7. The predicted molar refractivity (Wildman–Crippen MR) is 171 cm³/mol. The normalized spacial score (nSPS) is 12.4. The maximum atomic E-state index is 12.9. The maximum absolute atomic E-state index is 12.9. The van der Waals surface area contributed by atoms with E-state index in [1.165, 1.54) is 13.0 Å². The van der Waals surface area contributed by atoms with Crippen molar-refractivity contribution in [1.29, 1.82) is 0 Å². The van der Waals surface area contributed by atoms with Crippen LogP contribution in [0.1, 0.15) is 85.7 Å². The molecule has 1 aromatic heterocycles. The van der Waals surface area contributed by atoms with Crippen LogP contribution in [0.25, 0.3) is 21.7 Å². The molecule has 0 saturated carbocycles. The van der Waals surface area contributed by atoms with Crippen molar-refractivity contribution in [3.05, 3.63) is 36.1 Å². The molecular weight excluding hydrogens is 614 g/mol. The van der Waals surface area contributed by atoms with E-state index in [1.807, 2.05) is 13.8 Å². The predicted octanol–water partition coefficient (Wildman–Crippen LogP) is 7.49. The van der Waals surface area contributed by atoms with Gasteiger partial charge in [0.05, 0.1) is 18.6 Å². The third-order valence-corrected chi connectivity index (χ3v) is 6.10. The van der Waals surface area contributed by atoms with Gasteiger partial charge in [-0.1, -0.05) is 38.1 Å². The number of alkyl carbamates (subject to hydrolysis) is 1. The number of Topliss-reactive ketones (excluding diaryl/α,β-unsaturated/α-hetero) is 1. The molecule has 1 atom stereocenters. The molecule has 0 bridgehead atoms. The first-order valence-corrected chi connectivity index (χ1v) is 15.3. The quantitative estimate of drug-likeness (QED) is 0.0711. The molecule has 0 fully saturated rings. The number of rotatable bonds is 11. The minimum atomic E-state index is -1.08. The summed E-state index contributed by atoms with van der Waals surface area (Å²) in [7, 11) is 0. The molecule has 0 unspecified atom stereocenters. The van der Waals surface area contributed by atoms with Crippen LogP contribution < -0.4 is 14.8 Å². The monoisotopic (exact) mass is 657 g/mol. The van der Waals surface area contributed by atoms with Gasteiger partial charge in [-0.3, -0.25) is 4.79 Å². The standard InChI is InChI=1S/C34H43NO12/c1-19(2)18-42-29(37)24(35-30(38)46-33(4,5)6)15-12-16-41-31(39)44-26-21-13-10-11-14-22(21)27(45-32(40)47-34(7,8)9)28-23(26)17-25(43-28)20(3)36/h10-11,13-14,17,19,24H,12,15-16,18H2,1-9H3,(H,35,38)/t24-/m0/s1. The summed E-state index contributed by atoms with van der Waals surface area (Å²) in [4.78, 5) is 62.8. The molecule has 13 nitrogen and oxygen atoms in total. The Hall–Kier alpha value is -4.81. The van der Waals surface area contributed by atoms with Gasteiger partial charge in [0, 0.05) is 17.7 Å². The molecule has 0 saturated heterocycles. The van der Waals surface area contributed by atoms with Gasteiger partial charge < -0.3 is 38.2 Å². The van der Waals surface area contributed by atoms with Gasteiger partial charge >= 0.3 is 24.4 Å². The summed E-state index contributed by atoms with van der Waals surface area (Å²) < 4.78 is 38.1. The van der Waals surface area contributed by atoms with E-state index in [1.54, 1.807) is 65.8 Å². The van der Waals surface area contributed by atoms with Crippen LogP contribution in [0.2, 0.25) is 0 Å². The molecule has 2 aromatic carbocycles. The number of benzene rings is 2. The van der Waals surface area contributed by atoms with Crippen molar-refractivity contribution in [2.24, 2.45) is 5.92 Å². The van der Waals surface area contributed by atoms with E-state index in [0.717, 1.165) is 0 Å². The minimum absolute atomic E-state index is 0.00937. The molecule has 0 radical (unpaired) electrons. The second-order valence-corrected chi connectivity index (χ2v) is 13.2. The topological polar surface area (TPSA) is 166 Å². The van der Waals surface area contributed by atoms with Crippen molar-refractivity contribution < 1.29 is 56.8 Å². The van der Waals surface area contributed by atoms with Crippen LogP contribution in [-0.2, 0) is 23.7 Å². The molecule has 1 heterocycles. The highest BCUT2D eigenvalue weighted by Gasteiger charge is 2.28. The Morgan fingerprint density at radius 1 is 0.809 bits per heavy atom. The van der Waals surface area contributed by atoms with Gasteiger partial charge in [-0.25, -0.2) is 19.2 Å². The Kier molecular flexibility index (Phi) is 11.8. The number of furan rings is 1. The van der Waals surface area contributed by atoms with Crippen LogP contribution in [-0.4, -0.2) is 60.6 Å². The first-order chi connectivity index (χ1) is 21.8. The van der Waals surface area contributed by atoms with Crippen LogP contribution in [0.4, 0.5) is 14.4 Å². The fraction of sp³-hybridized carbons (Fsp3) is 0.500. The number of hydrogen-bond donors (Lipinski definition) is 1. The number of ketones is 1. The number of esters is 1. The van der Waals surface area contributed by atoms with Gasteiger partial charge in [-0.05, 0) is 66.4 Å². The summed E-state index contributed by atoms with van der Waals surface area (Å²) in [6.45, 7) is 15.2. The number of ether oxygens (including phenoxy) is 6.